The van der Waals surface area contributed by atoms with Gasteiger partial charge in [-0.15, -0.1) is 0 Å². The quantitative estimate of drug-likeness (QED) is 0.651. The van der Waals surface area contributed by atoms with Crippen LogP contribution in [0.2, 0.25) is 0 Å². The predicted octanol–water partition coefficient (Wildman–Crippen LogP) is 4.75. The number of hydrogen-bond donors (Lipinski definition) is 0. The van der Waals surface area contributed by atoms with E-state index in [1.165, 1.54) is 11.1 Å². The summed E-state index contributed by atoms with van der Waals surface area (Å²) in [5, 5.41) is 1.06. The van der Waals surface area contributed by atoms with E-state index in [-0.39, 0.29) is 0 Å². The van der Waals surface area contributed by atoms with Gasteiger partial charge in [0.2, 0.25) is 0 Å². The van der Waals surface area contributed by atoms with Crippen molar-refractivity contribution in [2.75, 3.05) is 5.33 Å². The van der Waals surface area contributed by atoms with Crippen molar-refractivity contribution < 1.29 is 0 Å². The van der Waals surface area contributed by atoms with Gasteiger partial charge in [0.1, 0.15) is 0 Å². The van der Waals surface area contributed by atoms with Crippen LogP contribution in [-0.2, 0) is 0 Å². The minimum Gasteiger partial charge on any atom is -0.0931 e. The van der Waals surface area contributed by atoms with E-state index in [4.69, 9.17) is 0 Å². The molecule has 0 aromatic heterocycles. The standard InChI is InChI=1S/C12H10.C2H5Br/c1-3-7-11(8-4-1)12-9-5-2-6-10-12;1-2-3/h1-10H;2H2,1H3. The van der Waals surface area contributed by atoms with Crippen molar-refractivity contribution in [3.8, 4) is 11.1 Å². The average Bonchev–Trinajstić information content (AvgIpc) is 2.32. The highest BCUT2D eigenvalue weighted by Gasteiger charge is 1.91. The molecule has 0 fully saturated rings. The fourth-order valence-electron chi connectivity index (χ4n) is 1.26. The van der Waals surface area contributed by atoms with Crippen LogP contribution in [0.1, 0.15) is 6.92 Å². The monoisotopic (exact) mass is 262 g/mol. The molecule has 0 atom stereocenters. The Morgan fingerprint density at radius 1 is 0.733 bits per heavy atom. The second-order valence-electron chi connectivity index (χ2n) is 3.00. The summed E-state index contributed by atoms with van der Waals surface area (Å²) in [7, 11) is 0. The lowest BCUT2D eigenvalue weighted by molar-refractivity contribution is 1.56. The van der Waals surface area contributed by atoms with Gasteiger partial charge >= 0.3 is 0 Å². The number of rotatable bonds is 1. The van der Waals surface area contributed by atoms with Crippen LogP contribution in [0.4, 0.5) is 0 Å². The van der Waals surface area contributed by atoms with Crippen LogP contribution in [0.5, 0.6) is 0 Å². The summed E-state index contributed by atoms with van der Waals surface area (Å²) in [5.74, 6) is 0. The smallest absolute Gasteiger partial charge is 0.000281 e. The molecule has 0 nitrogen and oxygen atoms in total. The third kappa shape index (κ3) is 4.30. The van der Waals surface area contributed by atoms with Gasteiger partial charge in [0.05, 0.1) is 0 Å². The molecule has 1 heteroatoms. The van der Waals surface area contributed by atoms with E-state index in [1.54, 1.807) is 0 Å². The molecule has 0 unspecified atom stereocenters. The highest BCUT2D eigenvalue weighted by atomic mass is 79.9. The summed E-state index contributed by atoms with van der Waals surface area (Å²) < 4.78 is 0. The molecule has 2 aromatic carbocycles. The third-order valence-electron chi connectivity index (χ3n) is 1.88. The largest absolute Gasteiger partial charge is 0.0931 e. The lowest BCUT2D eigenvalue weighted by atomic mass is 10.1. The molecule has 0 N–H and O–H groups in total. The fraction of sp³-hybridized carbons (Fsp3) is 0.143. The molecule has 15 heavy (non-hydrogen) atoms. The molecule has 0 radical (unpaired) electrons. The molecule has 78 valence electrons. The van der Waals surface area contributed by atoms with Gasteiger partial charge < -0.3 is 0 Å². The van der Waals surface area contributed by atoms with Gasteiger partial charge in [-0.05, 0) is 11.1 Å². The van der Waals surface area contributed by atoms with Gasteiger partial charge in [0, 0.05) is 5.33 Å². The van der Waals surface area contributed by atoms with E-state index >= 15 is 0 Å². The second-order valence-corrected chi connectivity index (χ2v) is 4.12. The third-order valence-corrected chi connectivity index (χ3v) is 1.88. The van der Waals surface area contributed by atoms with Crippen LogP contribution in [0.25, 0.3) is 11.1 Å². The van der Waals surface area contributed by atoms with Gasteiger partial charge in [-0.2, -0.15) is 0 Å². The summed E-state index contributed by atoms with van der Waals surface area (Å²) in [6, 6.07) is 20.8. The summed E-state index contributed by atoms with van der Waals surface area (Å²) in [5.41, 5.74) is 2.55. The number of halogens is 1. The van der Waals surface area contributed by atoms with Crippen molar-refractivity contribution in [3.63, 3.8) is 0 Å². The van der Waals surface area contributed by atoms with E-state index in [9.17, 15) is 0 Å². The van der Waals surface area contributed by atoms with Gasteiger partial charge in [-0.25, -0.2) is 0 Å². The van der Waals surface area contributed by atoms with Crippen LogP contribution in [-0.4, -0.2) is 5.33 Å². The molecule has 0 aliphatic rings. The van der Waals surface area contributed by atoms with Gasteiger partial charge in [-0.3, -0.25) is 0 Å². The SMILES string of the molecule is CCBr.c1ccc(-c2ccccc2)cc1. The summed E-state index contributed by atoms with van der Waals surface area (Å²) in [6.07, 6.45) is 0. The average molecular weight is 263 g/mol. The number of benzene rings is 2. The minimum absolute atomic E-state index is 1.06. The lowest BCUT2D eigenvalue weighted by Crippen LogP contribution is -1.73. The summed E-state index contributed by atoms with van der Waals surface area (Å²) in [6.45, 7) is 2.04. The molecule has 0 saturated heterocycles. The zero-order chi connectivity index (χ0) is 10.9. The number of alkyl halides is 1. The molecule has 0 spiro atoms. The molecule has 2 rings (SSSR count). The first kappa shape index (κ1) is 12.0. The van der Waals surface area contributed by atoms with Crippen LogP contribution < -0.4 is 0 Å². The van der Waals surface area contributed by atoms with Crippen molar-refractivity contribution in [1.29, 1.82) is 0 Å². The second kappa shape index (κ2) is 7.24. The zero-order valence-electron chi connectivity index (χ0n) is 8.86. The molecule has 0 aliphatic heterocycles. The lowest BCUT2D eigenvalue weighted by Gasteiger charge is -1.98. The Bertz CT molecular complexity index is 316. The van der Waals surface area contributed by atoms with E-state index in [2.05, 4.69) is 64.5 Å². The van der Waals surface area contributed by atoms with Crippen LogP contribution in [0.15, 0.2) is 60.7 Å². The fourth-order valence-corrected chi connectivity index (χ4v) is 1.26. The minimum atomic E-state index is 1.06. The Labute approximate surface area is 100 Å². The van der Waals surface area contributed by atoms with Crippen molar-refractivity contribution >= 4 is 15.9 Å². The first-order valence-electron chi connectivity index (χ1n) is 5.05. The Morgan fingerprint density at radius 3 is 1.27 bits per heavy atom. The summed E-state index contributed by atoms with van der Waals surface area (Å²) >= 11 is 3.15. The normalized spacial score (nSPS) is 8.93. The molecule has 0 amide bonds. The topological polar surface area (TPSA) is 0 Å². The van der Waals surface area contributed by atoms with E-state index in [1.807, 2.05) is 19.1 Å². The van der Waals surface area contributed by atoms with Crippen LogP contribution >= 0.6 is 15.9 Å². The maximum absolute atomic E-state index is 3.15. The molecular weight excluding hydrogens is 248 g/mol. The van der Waals surface area contributed by atoms with Crippen LogP contribution in [0, 0.1) is 0 Å². The maximum Gasteiger partial charge on any atom is 0.000281 e. The van der Waals surface area contributed by atoms with Crippen LogP contribution in [0.3, 0.4) is 0 Å². The highest BCUT2D eigenvalue weighted by molar-refractivity contribution is 9.09. The Balaban J connectivity index is 0.000000337. The Hall–Kier alpha value is -1.08. The molecular formula is C14H15Br. The summed E-state index contributed by atoms with van der Waals surface area (Å²) in [4.78, 5) is 0. The molecule has 0 bridgehead atoms. The molecule has 0 heterocycles. The molecule has 0 saturated carbocycles. The van der Waals surface area contributed by atoms with E-state index in [0.717, 1.165) is 5.33 Å². The maximum atomic E-state index is 3.15. The van der Waals surface area contributed by atoms with Gasteiger partial charge in [-0.1, -0.05) is 83.5 Å². The molecule has 0 aliphatic carbocycles. The number of hydrogen-bond acceptors (Lipinski definition) is 0. The van der Waals surface area contributed by atoms with Crippen molar-refractivity contribution in [1.82, 2.24) is 0 Å². The van der Waals surface area contributed by atoms with Crippen molar-refractivity contribution in [2.24, 2.45) is 0 Å². The first-order valence-corrected chi connectivity index (χ1v) is 6.17. The van der Waals surface area contributed by atoms with E-state index in [0.29, 0.717) is 0 Å². The highest BCUT2D eigenvalue weighted by Crippen LogP contribution is 2.17. The van der Waals surface area contributed by atoms with E-state index < -0.39 is 0 Å². The predicted molar refractivity (Wildman–Crippen MR) is 71.3 cm³/mol. The zero-order valence-corrected chi connectivity index (χ0v) is 10.4. The van der Waals surface area contributed by atoms with Crippen molar-refractivity contribution in [3.05, 3.63) is 60.7 Å². The Morgan fingerprint density at radius 2 is 1.00 bits per heavy atom. The first-order chi connectivity index (χ1) is 7.38. The van der Waals surface area contributed by atoms with Crippen molar-refractivity contribution in [2.45, 2.75) is 6.92 Å². The van der Waals surface area contributed by atoms with Gasteiger partial charge in [0.15, 0.2) is 0 Å². The Kier molecular flexibility index (Phi) is 5.79. The molecule has 2 aromatic rings. The van der Waals surface area contributed by atoms with Gasteiger partial charge in [0.25, 0.3) is 0 Å².